The molecule has 0 aliphatic carbocycles. The van der Waals surface area contributed by atoms with Gasteiger partial charge in [-0.1, -0.05) is 12.1 Å². The molecule has 1 atom stereocenters. The summed E-state index contributed by atoms with van der Waals surface area (Å²) in [4.78, 5) is 15.7. The summed E-state index contributed by atoms with van der Waals surface area (Å²) in [5.74, 6) is -0.276. The van der Waals surface area contributed by atoms with Crippen LogP contribution in [0.5, 0.6) is 5.75 Å². The highest BCUT2D eigenvalue weighted by Crippen LogP contribution is 2.25. The molecule has 1 amide bonds. The average molecular weight is 287 g/mol. The third-order valence-corrected chi connectivity index (χ3v) is 2.55. The van der Waals surface area contributed by atoms with Crippen molar-refractivity contribution in [3.05, 3.63) is 29.8 Å². The maximum atomic E-state index is 12.0. The number of nitrogens with one attached hydrogen (secondary N) is 2. The number of nitrogens with zero attached hydrogens (tertiary/aromatic N) is 1. The van der Waals surface area contributed by atoms with Crippen molar-refractivity contribution < 1.29 is 22.7 Å². The SMILES string of the molecule is CCN=C1NC(=O)C(c2ccc(OC(F)(F)F)cc2)N1. The highest BCUT2D eigenvalue weighted by molar-refractivity contribution is 6.06. The van der Waals surface area contributed by atoms with E-state index in [4.69, 9.17) is 0 Å². The Morgan fingerprint density at radius 3 is 2.50 bits per heavy atom. The van der Waals surface area contributed by atoms with Crippen molar-refractivity contribution in [2.75, 3.05) is 6.54 Å². The standard InChI is InChI=1S/C12H12F3N3O2/c1-2-16-11-17-9(10(19)18-11)7-3-5-8(6-4-7)20-12(13,14)15/h3-6,9H,2H2,1H3,(H2,16,17,18,19). The van der Waals surface area contributed by atoms with Crippen molar-refractivity contribution in [3.8, 4) is 5.75 Å². The van der Waals surface area contributed by atoms with Crippen LogP contribution in [0.15, 0.2) is 29.3 Å². The summed E-state index contributed by atoms with van der Waals surface area (Å²) in [7, 11) is 0. The van der Waals surface area contributed by atoms with E-state index in [1.807, 2.05) is 6.92 Å². The monoisotopic (exact) mass is 287 g/mol. The quantitative estimate of drug-likeness (QED) is 0.890. The summed E-state index contributed by atoms with van der Waals surface area (Å²) >= 11 is 0. The number of guanidine groups is 1. The van der Waals surface area contributed by atoms with Gasteiger partial charge in [-0.3, -0.25) is 15.1 Å². The van der Waals surface area contributed by atoms with Gasteiger partial charge in [-0.2, -0.15) is 0 Å². The maximum Gasteiger partial charge on any atom is 0.573 e. The first-order valence-corrected chi connectivity index (χ1v) is 5.86. The fraction of sp³-hybridized carbons (Fsp3) is 0.333. The van der Waals surface area contributed by atoms with E-state index in [9.17, 15) is 18.0 Å². The lowest BCUT2D eigenvalue weighted by atomic mass is 10.1. The van der Waals surface area contributed by atoms with Crippen molar-refractivity contribution >= 4 is 11.9 Å². The van der Waals surface area contributed by atoms with Gasteiger partial charge in [0.15, 0.2) is 5.96 Å². The molecule has 0 bridgehead atoms. The molecule has 0 saturated carbocycles. The molecular weight excluding hydrogens is 275 g/mol. The van der Waals surface area contributed by atoms with Gasteiger partial charge in [0.25, 0.3) is 5.91 Å². The van der Waals surface area contributed by atoms with Crippen LogP contribution in [0.4, 0.5) is 13.2 Å². The number of alkyl halides is 3. The molecule has 5 nitrogen and oxygen atoms in total. The highest BCUT2D eigenvalue weighted by atomic mass is 19.4. The largest absolute Gasteiger partial charge is 0.573 e. The van der Waals surface area contributed by atoms with Gasteiger partial charge in [-0.05, 0) is 24.6 Å². The van der Waals surface area contributed by atoms with Crippen LogP contribution in [-0.4, -0.2) is 24.8 Å². The Morgan fingerprint density at radius 1 is 1.30 bits per heavy atom. The van der Waals surface area contributed by atoms with Crippen LogP contribution < -0.4 is 15.4 Å². The van der Waals surface area contributed by atoms with E-state index >= 15 is 0 Å². The molecule has 1 aromatic rings. The van der Waals surface area contributed by atoms with Gasteiger partial charge in [0, 0.05) is 6.54 Å². The van der Waals surface area contributed by atoms with Gasteiger partial charge in [-0.25, -0.2) is 0 Å². The second kappa shape index (κ2) is 5.40. The van der Waals surface area contributed by atoms with Crippen molar-refractivity contribution in [2.24, 2.45) is 4.99 Å². The first-order chi connectivity index (χ1) is 9.39. The number of amides is 1. The molecule has 0 radical (unpaired) electrons. The number of rotatable bonds is 3. The van der Waals surface area contributed by atoms with Crippen LogP contribution in [0.2, 0.25) is 0 Å². The van der Waals surface area contributed by atoms with E-state index in [1.165, 1.54) is 12.1 Å². The Bertz CT molecular complexity index is 526. The normalized spacial score (nSPS) is 20.7. The topological polar surface area (TPSA) is 62.7 Å². The molecule has 0 aromatic heterocycles. The van der Waals surface area contributed by atoms with Gasteiger partial charge in [0.05, 0.1) is 0 Å². The number of benzene rings is 1. The van der Waals surface area contributed by atoms with Crippen molar-refractivity contribution in [2.45, 2.75) is 19.3 Å². The van der Waals surface area contributed by atoms with Crippen LogP contribution in [0, 0.1) is 0 Å². The predicted octanol–water partition coefficient (Wildman–Crippen LogP) is 1.72. The van der Waals surface area contributed by atoms with E-state index in [0.29, 0.717) is 18.1 Å². The Kier molecular flexibility index (Phi) is 3.82. The summed E-state index contributed by atoms with van der Waals surface area (Å²) in [5.41, 5.74) is 0.526. The summed E-state index contributed by atoms with van der Waals surface area (Å²) in [6.45, 7) is 2.32. The highest BCUT2D eigenvalue weighted by Gasteiger charge is 2.32. The fourth-order valence-corrected chi connectivity index (χ4v) is 1.77. The smallest absolute Gasteiger partial charge is 0.406 e. The van der Waals surface area contributed by atoms with Gasteiger partial charge >= 0.3 is 6.36 Å². The first kappa shape index (κ1) is 14.2. The van der Waals surface area contributed by atoms with Crippen molar-refractivity contribution in [1.82, 2.24) is 10.6 Å². The molecule has 1 fully saturated rings. The predicted molar refractivity (Wildman–Crippen MR) is 65.1 cm³/mol. The Morgan fingerprint density at radius 2 is 1.95 bits per heavy atom. The summed E-state index contributed by atoms with van der Waals surface area (Å²) in [6.07, 6.45) is -4.73. The third kappa shape index (κ3) is 3.40. The van der Waals surface area contributed by atoms with Crippen LogP contribution in [0.1, 0.15) is 18.5 Å². The van der Waals surface area contributed by atoms with Gasteiger partial charge in [0.1, 0.15) is 11.8 Å². The lowest BCUT2D eigenvalue weighted by Crippen LogP contribution is -2.25. The van der Waals surface area contributed by atoms with E-state index in [1.54, 1.807) is 0 Å². The van der Waals surface area contributed by atoms with Gasteiger partial charge in [-0.15, -0.1) is 13.2 Å². The Labute approximate surface area is 112 Å². The molecule has 108 valence electrons. The van der Waals surface area contributed by atoms with Gasteiger partial charge in [0.2, 0.25) is 0 Å². The fourth-order valence-electron chi connectivity index (χ4n) is 1.77. The molecule has 1 heterocycles. The molecule has 2 rings (SSSR count). The number of hydrogen-bond donors (Lipinski definition) is 2. The Hall–Kier alpha value is -2.25. The molecule has 1 saturated heterocycles. The molecular formula is C12H12F3N3O2. The third-order valence-electron chi connectivity index (χ3n) is 2.55. The number of ether oxygens (including phenoxy) is 1. The number of carbonyl (C=O) groups is 1. The van der Waals surface area contributed by atoms with Crippen LogP contribution >= 0.6 is 0 Å². The lowest BCUT2D eigenvalue weighted by molar-refractivity contribution is -0.274. The minimum absolute atomic E-state index is 0.304. The average Bonchev–Trinajstić information content (AvgIpc) is 2.70. The summed E-state index contributed by atoms with van der Waals surface area (Å²) in [5, 5.41) is 5.40. The zero-order valence-electron chi connectivity index (χ0n) is 10.5. The molecule has 0 spiro atoms. The van der Waals surface area contributed by atoms with Crippen LogP contribution in [0.25, 0.3) is 0 Å². The number of carbonyl (C=O) groups excluding carboxylic acids is 1. The van der Waals surface area contributed by atoms with Crippen LogP contribution in [-0.2, 0) is 4.79 Å². The van der Waals surface area contributed by atoms with Crippen molar-refractivity contribution in [1.29, 1.82) is 0 Å². The van der Waals surface area contributed by atoms with Crippen LogP contribution in [0.3, 0.4) is 0 Å². The lowest BCUT2D eigenvalue weighted by Gasteiger charge is -2.11. The molecule has 1 unspecified atom stereocenters. The number of aliphatic imine (C=N–C) groups is 1. The molecule has 1 aromatic carbocycles. The summed E-state index contributed by atoms with van der Waals surface area (Å²) < 4.78 is 39.8. The van der Waals surface area contributed by atoms with Gasteiger partial charge < -0.3 is 10.1 Å². The molecule has 8 heteroatoms. The van der Waals surface area contributed by atoms with Crippen molar-refractivity contribution in [3.63, 3.8) is 0 Å². The number of hydrogen-bond acceptors (Lipinski definition) is 3. The second-order valence-corrected chi connectivity index (χ2v) is 4.01. The van der Waals surface area contributed by atoms with E-state index in [2.05, 4.69) is 20.4 Å². The molecule has 1 aliphatic rings. The molecule has 1 aliphatic heterocycles. The first-order valence-electron chi connectivity index (χ1n) is 5.86. The maximum absolute atomic E-state index is 12.0. The minimum atomic E-state index is -4.73. The zero-order chi connectivity index (χ0) is 14.8. The zero-order valence-corrected chi connectivity index (χ0v) is 10.5. The Balaban J connectivity index is 2.11. The van der Waals surface area contributed by atoms with E-state index < -0.39 is 12.4 Å². The second-order valence-electron chi connectivity index (χ2n) is 4.01. The van der Waals surface area contributed by atoms with E-state index in [0.717, 1.165) is 12.1 Å². The molecule has 20 heavy (non-hydrogen) atoms. The number of halogens is 3. The minimum Gasteiger partial charge on any atom is -0.406 e. The van der Waals surface area contributed by atoms with E-state index in [-0.39, 0.29) is 11.7 Å². The summed E-state index contributed by atoms with van der Waals surface area (Å²) in [6, 6.07) is 4.44. The molecule has 2 N–H and O–H groups in total.